The lowest BCUT2D eigenvalue weighted by atomic mass is 10.2. The fourth-order valence-corrected chi connectivity index (χ4v) is 2.02. The van der Waals surface area contributed by atoms with Gasteiger partial charge in [-0.05, 0) is 36.4 Å². The van der Waals surface area contributed by atoms with E-state index in [1.165, 1.54) is 24.5 Å². The Morgan fingerprint density at radius 2 is 1.35 bits per heavy atom. The van der Waals surface area contributed by atoms with Gasteiger partial charge in [-0.3, -0.25) is 0 Å². The number of aromatic nitrogens is 4. The number of aromatic amines is 2. The molecule has 4 nitrogen and oxygen atoms in total. The number of nitrogens with one attached hydrogen (secondary N) is 2. The molecule has 0 atom stereocenters. The lowest BCUT2D eigenvalue weighted by molar-refractivity contribution is -0.137. The zero-order chi connectivity index (χ0) is 16.4. The van der Waals surface area contributed by atoms with E-state index in [4.69, 9.17) is 0 Å². The second-order valence-electron chi connectivity index (χ2n) is 4.70. The van der Waals surface area contributed by atoms with Gasteiger partial charge in [0.05, 0.1) is 40.3 Å². The summed E-state index contributed by atoms with van der Waals surface area (Å²) in [5.74, 6) is -0.239. The van der Waals surface area contributed by atoms with E-state index in [0.717, 1.165) is 23.2 Å². The molecule has 4 aromatic rings. The monoisotopic (exact) mass is 322 g/mol. The van der Waals surface area contributed by atoms with Gasteiger partial charge in [-0.25, -0.2) is 14.4 Å². The van der Waals surface area contributed by atoms with Crippen LogP contribution in [0.3, 0.4) is 0 Å². The maximum absolute atomic E-state index is 12.5. The Bertz CT molecular complexity index is 939. The highest BCUT2D eigenvalue weighted by molar-refractivity contribution is 5.75. The van der Waals surface area contributed by atoms with Crippen LogP contribution in [0, 0.1) is 5.82 Å². The summed E-state index contributed by atoms with van der Waals surface area (Å²) in [5.41, 5.74) is 1.80. The first-order valence-corrected chi connectivity index (χ1v) is 6.52. The van der Waals surface area contributed by atoms with Gasteiger partial charge >= 0.3 is 6.18 Å². The molecule has 118 valence electrons. The molecule has 0 spiro atoms. The van der Waals surface area contributed by atoms with Gasteiger partial charge in [-0.2, -0.15) is 13.2 Å². The third-order valence-corrected chi connectivity index (χ3v) is 3.13. The zero-order valence-electron chi connectivity index (χ0n) is 11.5. The summed E-state index contributed by atoms with van der Waals surface area (Å²) >= 11 is 0. The summed E-state index contributed by atoms with van der Waals surface area (Å²) in [6.07, 6.45) is -1.38. The topological polar surface area (TPSA) is 57.4 Å². The number of nitrogens with zero attached hydrogens (tertiary/aromatic N) is 2. The molecule has 2 aromatic heterocycles. The van der Waals surface area contributed by atoms with E-state index < -0.39 is 11.7 Å². The minimum Gasteiger partial charge on any atom is -0.345 e. The molecule has 0 saturated heterocycles. The van der Waals surface area contributed by atoms with Crippen LogP contribution in [-0.4, -0.2) is 19.9 Å². The van der Waals surface area contributed by atoms with E-state index in [1.54, 1.807) is 12.4 Å². The number of alkyl halides is 3. The van der Waals surface area contributed by atoms with Crippen LogP contribution in [-0.2, 0) is 6.18 Å². The number of halogens is 4. The van der Waals surface area contributed by atoms with Crippen molar-refractivity contribution in [3.05, 3.63) is 60.4 Å². The van der Waals surface area contributed by atoms with E-state index in [-0.39, 0.29) is 5.82 Å². The number of H-pyrrole nitrogens is 2. The fourth-order valence-electron chi connectivity index (χ4n) is 2.02. The molecule has 0 saturated carbocycles. The molecule has 2 aromatic carbocycles. The van der Waals surface area contributed by atoms with Gasteiger partial charge in [-0.1, -0.05) is 0 Å². The van der Waals surface area contributed by atoms with Crippen LogP contribution >= 0.6 is 0 Å². The Morgan fingerprint density at radius 1 is 0.783 bits per heavy atom. The number of rotatable bonds is 0. The Kier molecular flexibility index (Phi) is 3.73. The average Bonchev–Trinajstić information content (AvgIpc) is 3.14. The predicted molar refractivity (Wildman–Crippen MR) is 77.1 cm³/mol. The lowest BCUT2D eigenvalue weighted by Gasteiger charge is -2.04. The molecule has 2 heterocycles. The largest absolute Gasteiger partial charge is 0.416 e. The van der Waals surface area contributed by atoms with Crippen molar-refractivity contribution in [3.63, 3.8) is 0 Å². The minimum atomic E-state index is -4.29. The number of hydrogen-bond donors (Lipinski definition) is 2. The number of benzene rings is 2. The number of fused-ring (bicyclic) bond motifs is 2. The van der Waals surface area contributed by atoms with Crippen molar-refractivity contribution in [1.29, 1.82) is 0 Å². The van der Waals surface area contributed by atoms with Crippen LogP contribution in [0.4, 0.5) is 17.6 Å². The van der Waals surface area contributed by atoms with Crippen LogP contribution in [0.15, 0.2) is 49.1 Å². The van der Waals surface area contributed by atoms with Crippen molar-refractivity contribution in [3.8, 4) is 0 Å². The highest BCUT2D eigenvalue weighted by atomic mass is 19.4. The molecule has 8 heteroatoms. The smallest absolute Gasteiger partial charge is 0.345 e. The van der Waals surface area contributed by atoms with Crippen molar-refractivity contribution in [2.24, 2.45) is 0 Å². The Morgan fingerprint density at radius 3 is 1.96 bits per heavy atom. The molecule has 4 rings (SSSR count). The zero-order valence-corrected chi connectivity index (χ0v) is 11.5. The molecular weight excluding hydrogens is 312 g/mol. The Hall–Kier alpha value is -2.90. The first kappa shape index (κ1) is 15.0. The second kappa shape index (κ2) is 5.71. The number of hydrogen-bond acceptors (Lipinski definition) is 2. The van der Waals surface area contributed by atoms with E-state index >= 15 is 0 Å². The van der Waals surface area contributed by atoms with Gasteiger partial charge in [-0.15, -0.1) is 0 Å². The molecule has 0 aliphatic carbocycles. The van der Waals surface area contributed by atoms with Crippen molar-refractivity contribution < 1.29 is 17.6 Å². The molecular formula is C15H10F4N4. The maximum atomic E-state index is 12.5. The molecule has 0 aliphatic heterocycles. The summed E-state index contributed by atoms with van der Waals surface area (Å²) in [7, 11) is 0. The SMILES string of the molecule is FC(F)(F)c1ccc2nc[nH]c2c1.Fc1ccc2nc[nH]c2c1. The summed E-state index contributed by atoms with van der Waals surface area (Å²) in [6, 6.07) is 7.85. The van der Waals surface area contributed by atoms with E-state index in [9.17, 15) is 17.6 Å². The van der Waals surface area contributed by atoms with Crippen LogP contribution in [0.1, 0.15) is 5.56 Å². The molecule has 0 aliphatic rings. The highest BCUT2D eigenvalue weighted by Crippen LogP contribution is 2.30. The Labute approximate surface area is 127 Å². The van der Waals surface area contributed by atoms with Gasteiger partial charge in [0.2, 0.25) is 0 Å². The first-order valence-electron chi connectivity index (χ1n) is 6.52. The quantitative estimate of drug-likeness (QED) is 0.475. The van der Waals surface area contributed by atoms with Crippen LogP contribution < -0.4 is 0 Å². The summed E-state index contributed by atoms with van der Waals surface area (Å²) in [6.45, 7) is 0. The third-order valence-electron chi connectivity index (χ3n) is 3.13. The van der Waals surface area contributed by atoms with Crippen molar-refractivity contribution >= 4 is 22.1 Å². The summed E-state index contributed by atoms with van der Waals surface area (Å²) < 4.78 is 49.0. The normalized spacial score (nSPS) is 11.5. The second-order valence-corrected chi connectivity index (χ2v) is 4.70. The van der Waals surface area contributed by atoms with Gasteiger partial charge in [0.25, 0.3) is 0 Å². The van der Waals surface area contributed by atoms with Gasteiger partial charge in [0.1, 0.15) is 5.82 Å². The minimum absolute atomic E-state index is 0.239. The standard InChI is InChI=1S/C8H5F3N2.C7H5FN2/c9-8(10,11)5-1-2-6-7(3-5)13-4-12-6;8-5-1-2-6-7(3-5)10-4-9-6/h1-4H,(H,12,13);1-4H,(H,9,10). The fraction of sp³-hybridized carbons (Fsp3) is 0.0667. The van der Waals surface area contributed by atoms with Crippen molar-refractivity contribution in [2.75, 3.05) is 0 Å². The van der Waals surface area contributed by atoms with E-state index in [1.807, 2.05) is 0 Å². The van der Waals surface area contributed by atoms with Crippen LogP contribution in [0.25, 0.3) is 22.1 Å². The summed E-state index contributed by atoms with van der Waals surface area (Å²) in [4.78, 5) is 13.2. The van der Waals surface area contributed by atoms with Gasteiger partial charge < -0.3 is 9.97 Å². The van der Waals surface area contributed by atoms with Crippen molar-refractivity contribution in [2.45, 2.75) is 6.18 Å². The van der Waals surface area contributed by atoms with Gasteiger partial charge in [0.15, 0.2) is 0 Å². The Balaban J connectivity index is 0.000000140. The van der Waals surface area contributed by atoms with Crippen LogP contribution in [0.2, 0.25) is 0 Å². The summed E-state index contributed by atoms with van der Waals surface area (Å²) in [5, 5.41) is 0. The first-order chi connectivity index (χ1) is 10.9. The van der Waals surface area contributed by atoms with E-state index in [2.05, 4.69) is 19.9 Å². The molecule has 0 unspecified atom stereocenters. The van der Waals surface area contributed by atoms with Crippen LogP contribution in [0.5, 0.6) is 0 Å². The maximum Gasteiger partial charge on any atom is 0.416 e. The molecule has 0 radical (unpaired) electrons. The molecule has 23 heavy (non-hydrogen) atoms. The molecule has 0 fully saturated rings. The molecule has 0 bridgehead atoms. The average molecular weight is 322 g/mol. The van der Waals surface area contributed by atoms with Crippen molar-refractivity contribution in [1.82, 2.24) is 19.9 Å². The predicted octanol–water partition coefficient (Wildman–Crippen LogP) is 4.28. The molecule has 0 amide bonds. The third kappa shape index (κ3) is 3.31. The van der Waals surface area contributed by atoms with E-state index in [0.29, 0.717) is 11.0 Å². The lowest BCUT2D eigenvalue weighted by Crippen LogP contribution is -2.04. The number of imidazole rings is 2. The molecule has 2 N–H and O–H groups in total. The highest BCUT2D eigenvalue weighted by Gasteiger charge is 2.30. The van der Waals surface area contributed by atoms with Gasteiger partial charge in [0, 0.05) is 0 Å².